The van der Waals surface area contributed by atoms with Crippen LogP contribution < -0.4 is 0 Å². The van der Waals surface area contributed by atoms with Crippen LogP contribution in [0.15, 0.2) is 47.9 Å². The molecule has 3 heterocycles. The third-order valence-corrected chi connectivity index (χ3v) is 7.74. The average molecular weight is 432 g/mol. The van der Waals surface area contributed by atoms with Crippen molar-refractivity contribution >= 4 is 10.0 Å². The molecule has 0 bridgehead atoms. The number of rotatable bonds is 7. The molecule has 0 N–H and O–H groups in total. The topological polar surface area (TPSA) is 53.1 Å². The predicted molar refractivity (Wildman–Crippen MR) is 119 cm³/mol. The largest absolute Gasteiger partial charge is 0.496 e. The lowest BCUT2D eigenvalue weighted by Gasteiger charge is -2.33. The molecule has 6 nitrogen and oxygen atoms in total. The summed E-state index contributed by atoms with van der Waals surface area (Å²) in [7, 11) is -3.07. The summed E-state index contributed by atoms with van der Waals surface area (Å²) >= 11 is 0. The van der Waals surface area contributed by atoms with Crippen molar-refractivity contribution in [3.05, 3.63) is 59.0 Å². The molecule has 1 aromatic rings. The van der Waals surface area contributed by atoms with Gasteiger partial charge in [-0.15, -0.1) is 0 Å². The van der Waals surface area contributed by atoms with Crippen LogP contribution in [-0.2, 0) is 27.8 Å². The second-order valence-electron chi connectivity index (χ2n) is 8.64. The Morgan fingerprint density at radius 2 is 1.70 bits per heavy atom. The molecule has 0 aliphatic carbocycles. The van der Waals surface area contributed by atoms with E-state index in [1.165, 1.54) is 23.1 Å². The van der Waals surface area contributed by atoms with Crippen LogP contribution in [0, 0.1) is 5.92 Å². The van der Waals surface area contributed by atoms with Crippen molar-refractivity contribution < 1.29 is 13.2 Å². The van der Waals surface area contributed by atoms with Crippen LogP contribution in [0.2, 0.25) is 0 Å². The lowest BCUT2D eigenvalue weighted by Crippen LogP contribution is -2.39. The van der Waals surface area contributed by atoms with E-state index in [4.69, 9.17) is 4.74 Å². The SMILES string of the molecule is CCN1CC(OCC2CCN(S(C)(=O)=O)CC2)=CC=C1CN1Cc2ccccc2C1. The van der Waals surface area contributed by atoms with Gasteiger partial charge in [-0.3, -0.25) is 4.90 Å². The van der Waals surface area contributed by atoms with Crippen LogP contribution in [0.1, 0.15) is 30.9 Å². The Morgan fingerprint density at radius 3 is 2.30 bits per heavy atom. The Balaban J connectivity index is 1.29. The number of fused-ring (bicyclic) bond motifs is 1. The first-order valence-electron chi connectivity index (χ1n) is 10.9. The highest BCUT2D eigenvalue weighted by atomic mass is 32.2. The fraction of sp³-hybridized carbons (Fsp3) is 0.565. The fourth-order valence-electron chi connectivity index (χ4n) is 4.58. The van der Waals surface area contributed by atoms with Gasteiger partial charge in [0, 0.05) is 45.0 Å². The summed E-state index contributed by atoms with van der Waals surface area (Å²) in [5, 5.41) is 0. The fourth-order valence-corrected chi connectivity index (χ4v) is 5.45. The minimum atomic E-state index is -3.07. The highest BCUT2D eigenvalue weighted by Crippen LogP contribution is 2.26. The highest BCUT2D eigenvalue weighted by Gasteiger charge is 2.26. The standard InChI is InChI=1S/C23H33N3O3S/c1-3-25-17-23(29-18-19-10-12-26(13-11-19)30(2,27)28)9-8-22(25)16-24-14-20-6-4-5-7-21(20)15-24/h4-9,19H,3,10-18H2,1-2H3. The lowest BCUT2D eigenvalue weighted by atomic mass is 9.99. The van der Waals surface area contributed by atoms with Gasteiger partial charge >= 0.3 is 0 Å². The summed E-state index contributed by atoms with van der Waals surface area (Å²) in [5.74, 6) is 1.43. The maximum absolute atomic E-state index is 11.7. The zero-order valence-electron chi connectivity index (χ0n) is 18.1. The van der Waals surface area contributed by atoms with Crippen molar-refractivity contribution in [2.45, 2.75) is 32.9 Å². The van der Waals surface area contributed by atoms with Gasteiger partial charge in [0.25, 0.3) is 0 Å². The summed E-state index contributed by atoms with van der Waals surface area (Å²) in [4.78, 5) is 4.89. The summed E-state index contributed by atoms with van der Waals surface area (Å²) in [5.41, 5.74) is 4.23. The Kier molecular flexibility index (Phi) is 6.51. The lowest BCUT2D eigenvalue weighted by molar-refractivity contribution is 0.115. The summed E-state index contributed by atoms with van der Waals surface area (Å²) in [6.07, 6.45) is 7.36. The molecular formula is C23H33N3O3S. The van der Waals surface area contributed by atoms with E-state index >= 15 is 0 Å². The molecule has 0 unspecified atom stereocenters. The van der Waals surface area contributed by atoms with E-state index < -0.39 is 10.0 Å². The van der Waals surface area contributed by atoms with Crippen LogP contribution in [0.4, 0.5) is 0 Å². The zero-order chi connectivity index (χ0) is 21.1. The Bertz CT molecular complexity index is 892. The second-order valence-corrected chi connectivity index (χ2v) is 10.6. The number of piperidine rings is 1. The molecule has 7 heteroatoms. The first-order chi connectivity index (χ1) is 14.4. The maximum Gasteiger partial charge on any atom is 0.211 e. The minimum absolute atomic E-state index is 0.424. The highest BCUT2D eigenvalue weighted by molar-refractivity contribution is 7.88. The zero-order valence-corrected chi connectivity index (χ0v) is 18.9. The molecule has 3 aliphatic heterocycles. The van der Waals surface area contributed by atoms with E-state index in [0.29, 0.717) is 25.6 Å². The Hall–Kier alpha value is -1.83. The van der Waals surface area contributed by atoms with Crippen molar-refractivity contribution in [1.82, 2.24) is 14.1 Å². The van der Waals surface area contributed by atoms with E-state index in [9.17, 15) is 8.42 Å². The van der Waals surface area contributed by atoms with Crippen LogP contribution in [-0.4, -0.2) is 68.1 Å². The molecule has 30 heavy (non-hydrogen) atoms. The van der Waals surface area contributed by atoms with Crippen LogP contribution in [0.3, 0.4) is 0 Å². The number of allylic oxidation sites excluding steroid dienone is 2. The van der Waals surface area contributed by atoms with Gasteiger partial charge in [-0.2, -0.15) is 0 Å². The van der Waals surface area contributed by atoms with Crippen molar-refractivity contribution in [3.8, 4) is 0 Å². The van der Waals surface area contributed by atoms with Gasteiger partial charge < -0.3 is 9.64 Å². The third kappa shape index (κ3) is 5.07. The minimum Gasteiger partial charge on any atom is -0.496 e. The number of benzene rings is 1. The van der Waals surface area contributed by atoms with Crippen molar-refractivity contribution in [2.75, 3.05) is 45.6 Å². The van der Waals surface area contributed by atoms with Gasteiger partial charge in [0.15, 0.2) is 0 Å². The molecule has 0 spiro atoms. The summed E-state index contributed by atoms with van der Waals surface area (Å²) in [6.45, 7) is 8.84. The van der Waals surface area contributed by atoms with Gasteiger partial charge in [0.1, 0.15) is 5.76 Å². The second kappa shape index (κ2) is 9.12. The summed E-state index contributed by atoms with van der Waals surface area (Å²) < 4.78 is 31.0. The molecule has 3 aliphatic rings. The number of ether oxygens (including phenoxy) is 1. The third-order valence-electron chi connectivity index (χ3n) is 6.44. The smallest absolute Gasteiger partial charge is 0.211 e. The van der Waals surface area contributed by atoms with E-state index in [1.807, 2.05) is 0 Å². The van der Waals surface area contributed by atoms with Gasteiger partial charge in [0.2, 0.25) is 10.0 Å². The van der Waals surface area contributed by atoms with Gasteiger partial charge in [-0.05, 0) is 49.0 Å². The molecule has 1 saturated heterocycles. The first kappa shape index (κ1) is 21.4. The molecule has 0 saturated carbocycles. The molecule has 0 atom stereocenters. The van der Waals surface area contributed by atoms with E-state index in [0.717, 1.165) is 51.3 Å². The van der Waals surface area contributed by atoms with Crippen molar-refractivity contribution in [1.29, 1.82) is 0 Å². The first-order valence-corrected chi connectivity index (χ1v) is 12.8. The Morgan fingerprint density at radius 1 is 1.03 bits per heavy atom. The quantitative estimate of drug-likeness (QED) is 0.665. The average Bonchev–Trinajstić information content (AvgIpc) is 3.15. The monoisotopic (exact) mass is 431 g/mol. The molecule has 0 amide bonds. The van der Waals surface area contributed by atoms with E-state index in [1.54, 1.807) is 4.31 Å². The van der Waals surface area contributed by atoms with E-state index in [-0.39, 0.29) is 0 Å². The van der Waals surface area contributed by atoms with Crippen LogP contribution in [0.5, 0.6) is 0 Å². The van der Waals surface area contributed by atoms with E-state index in [2.05, 4.69) is 53.1 Å². The predicted octanol–water partition coefficient (Wildman–Crippen LogP) is 2.79. The van der Waals surface area contributed by atoms with Crippen molar-refractivity contribution in [2.24, 2.45) is 5.92 Å². The molecular weight excluding hydrogens is 398 g/mol. The molecule has 1 fully saturated rings. The van der Waals surface area contributed by atoms with Gasteiger partial charge in [-0.1, -0.05) is 24.3 Å². The summed E-state index contributed by atoms with van der Waals surface area (Å²) in [6, 6.07) is 8.71. The number of sulfonamides is 1. The molecule has 0 radical (unpaired) electrons. The number of hydrogen-bond donors (Lipinski definition) is 0. The normalized spacial score (nSPS) is 21.3. The molecule has 1 aromatic carbocycles. The van der Waals surface area contributed by atoms with Gasteiger partial charge in [-0.25, -0.2) is 12.7 Å². The molecule has 164 valence electrons. The number of nitrogens with zero attached hydrogens (tertiary/aromatic N) is 3. The van der Waals surface area contributed by atoms with Gasteiger partial charge in [0.05, 0.1) is 19.4 Å². The number of hydrogen-bond acceptors (Lipinski definition) is 5. The number of likely N-dealkylation sites (N-methyl/N-ethyl adjacent to an activating group) is 1. The van der Waals surface area contributed by atoms with Crippen LogP contribution >= 0.6 is 0 Å². The molecule has 0 aromatic heterocycles. The maximum atomic E-state index is 11.7. The van der Waals surface area contributed by atoms with Crippen molar-refractivity contribution in [3.63, 3.8) is 0 Å². The molecule has 4 rings (SSSR count). The van der Waals surface area contributed by atoms with Crippen LogP contribution in [0.25, 0.3) is 0 Å². The Labute approximate surface area is 180 Å².